The van der Waals surface area contributed by atoms with E-state index in [1.165, 1.54) is 0 Å². The van der Waals surface area contributed by atoms with E-state index in [1.54, 1.807) is 0 Å². The van der Waals surface area contributed by atoms with E-state index >= 15 is 0 Å². The molecule has 0 radical (unpaired) electrons. The number of aliphatic hydroxyl groups excluding tert-OH is 2. The summed E-state index contributed by atoms with van der Waals surface area (Å²) in [6.07, 6.45) is -1.35. The summed E-state index contributed by atoms with van der Waals surface area (Å²) >= 11 is 0. The highest BCUT2D eigenvalue weighted by Gasteiger charge is 2.32. The van der Waals surface area contributed by atoms with Crippen molar-refractivity contribution >= 4 is 5.82 Å². The minimum atomic E-state index is -0.673. The first-order valence-corrected chi connectivity index (χ1v) is 5.82. The standard InChI is InChI=1S/C11H20N4O2/c1-7-8(4-12-2)11(14(3)13-7)15-5-9(16)10(17)6-15/h9-10,12,16-17H,4-6H2,1-3H3. The maximum Gasteiger partial charge on any atom is 0.131 e. The number of hydrogen-bond acceptors (Lipinski definition) is 5. The van der Waals surface area contributed by atoms with Gasteiger partial charge in [0, 0.05) is 32.2 Å². The molecule has 1 aromatic heterocycles. The van der Waals surface area contributed by atoms with E-state index in [9.17, 15) is 10.2 Å². The van der Waals surface area contributed by atoms with Crippen molar-refractivity contribution in [1.29, 1.82) is 0 Å². The fourth-order valence-corrected chi connectivity index (χ4v) is 2.41. The van der Waals surface area contributed by atoms with Crippen LogP contribution in [0.1, 0.15) is 11.3 Å². The monoisotopic (exact) mass is 240 g/mol. The Morgan fingerprint density at radius 1 is 1.35 bits per heavy atom. The molecule has 2 unspecified atom stereocenters. The van der Waals surface area contributed by atoms with E-state index in [0.29, 0.717) is 13.1 Å². The van der Waals surface area contributed by atoms with Crippen LogP contribution in [0.5, 0.6) is 0 Å². The van der Waals surface area contributed by atoms with E-state index in [4.69, 9.17) is 0 Å². The van der Waals surface area contributed by atoms with Crippen molar-refractivity contribution < 1.29 is 10.2 Å². The van der Waals surface area contributed by atoms with Crippen LogP contribution < -0.4 is 10.2 Å². The molecule has 2 heterocycles. The van der Waals surface area contributed by atoms with Crippen molar-refractivity contribution in [2.75, 3.05) is 25.0 Å². The van der Waals surface area contributed by atoms with Crippen LogP contribution in [0.25, 0.3) is 0 Å². The molecule has 0 amide bonds. The van der Waals surface area contributed by atoms with Crippen molar-refractivity contribution in [3.05, 3.63) is 11.3 Å². The average molecular weight is 240 g/mol. The van der Waals surface area contributed by atoms with Crippen LogP contribution in [0.15, 0.2) is 0 Å². The lowest BCUT2D eigenvalue weighted by atomic mass is 10.2. The molecule has 1 fully saturated rings. The Labute approximate surface area is 101 Å². The Morgan fingerprint density at radius 2 is 1.94 bits per heavy atom. The average Bonchev–Trinajstić information content (AvgIpc) is 2.70. The first-order valence-electron chi connectivity index (χ1n) is 5.82. The van der Waals surface area contributed by atoms with Crippen LogP contribution in [0.3, 0.4) is 0 Å². The number of anilines is 1. The highest BCUT2D eigenvalue weighted by Crippen LogP contribution is 2.26. The quantitative estimate of drug-likeness (QED) is 0.631. The molecule has 1 aliphatic rings. The van der Waals surface area contributed by atoms with Gasteiger partial charge in [-0.15, -0.1) is 0 Å². The minimum Gasteiger partial charge on any atom is -0.389 e. The fraction of sp³-hybridized carbons (Fsp3) is 0.727. The summed E-state index contributed by atoms with van der Waals surface area (Å²) in [7, 11) is 3.78. The van der Waals surface area contributed by atoms with Gasteiger partial charge in [0.05, 0.1) is 17.9 Å². The summed E-state index contributed by atoms with van der Waals surface area (Å²) in [6, 6.07) is 0. The maximum atomic E-state index is 9.61. The van der Waals surface area contributed by atoms with Crippen LogP contribution in [-0.2, 0) is 13.6 Å². The number of hydrogen-bond donors (Lipinski definition) is 3. The molecule has 0 spiro atoms. The SMILES string of the molecule is CNCc1c(C)nn(C)c1N1CC(O)C(O)C1. The summed E-state index contributed by atoms with van der Waals surface area (Å²) in [5.74, 6) is 0.979. The molecule has 6 nitrogen and oxygen atoms in total. The molecule has 1 saturated heterocycles. The largest absolute Gasteiger partial charge is 0.389 e. The van der Waals surface area contributed by atoms with Crippen molar-refractivity contribution in [3.8, 4) is 0 Å². The summed E-state index contributed by atoms with van der Waals surface area (Å²) in [6.45, 7) is 3.62. The molecule has 1 aliphatic heterocycles. The summed E-state index contributed by atoms with van der Waals surface area (Å²) in [5.41, 5.74) is 2.10. The van der Waals surface area contributed by atoms with Gasteiger partial charge in [-0.3, -0.25) is 4.68 Å². The fourth-order valence-electron chi connectivity index (χ4n) is 2.41. The third-order valence-corrected chi connectivity index (χ3v) is 3.23. The Morgan fingerprint density at radius 3 is 2.47 bits per heavy atom. The van der Waals surface area contributed by atoms with E-state index in [1.807, 2.05) is 30.6 Å². The Hall–Kier alpha value is -1.11. The summed E-state index contributed by atoms with van der Waals surface area (Å²) in [4.78, 5) is 1.99. The van der Waals surface area contributed by atoms with Crippen LogP contribution >= 0.6 is 0 Å². The molecule has 0 saturated carbocycles. The van der Waals surface area contributed by atoms with Gasteiger partial charge >= 0.3 is 0 Å². The van der Waals surface area contributed by atoms with Crippen LogP contribution in [0, 0.1) is 6.92 Å². The third kappa shape index (κ3) is 2.15. The molecular formula is C11H20N4O2. The molecular weight excluding hydrogens is 220 g/mol. The normalized spacial score (nSPS) is 24.6. The zero-order chi connectivity index (χ0) is 12.6. The first kappa shape index (κ1) is 12.3. The highest BCUT2D eigenvalue weighted by molar-refractivity contribution is 5.51. The lowest BCUT2D eigenvalue weighted by molar-refractivity contribution is 0.0572. The van der Waals surface area contributed by atoms with Gasteiger partial charge in [-0.05, 0) is 14.0 Å². The van der Waals surface area contributed by atoms with Gasteiger partial charge in [-0.2, -0.15) is 5.10 Å². The number of nitrogens with zero attached hydrogens (tertiary/aromatic N) is 3. The third-order valence-electron chi connectivity index (χ3n) is 3.23. The molecule has 2 rings (SSSR count). The van der Waals surface area contributed by atoms with E-state index in [0.717, 1.165) is 23.6 Å². The predicted molar refractivity (Wildman–Crippen MR) is 64.9 cm³/mol. The number of aryl methyl sites for hydroxylation is 2. The Bertz CT molecular complexity index is 394. The van der Waals surface area contributed by atoms with Gasteiger partial charge in [0.15, 0.2) is 0 Å². The van der Waals surface area contributed by atoms with Crippen molar-refractivity contribution in [2.45, 2.75) is 25.7 Å². The molecule has 2 atom stereocenters. The molecule has 17 heavy (non-hydrogen) atoms. The van der Waals surface area contributed by atoms with Crippen molar-refractivity contribution in [2.24, 2.45) is 7.05 Å². The number of nitrogens with one attached hydrogen (secondary N) is 1. The molecule has 0 aromatic carbocycles. The lowest BCUT2D eigenvalue weighted by Crippen LogP contribution is -2.25. The second-order valence-electron chi connectivity index (χ2n) is 4.58. The lowest BCUT2D eigenvalue weighted by Gasteiger charge is -2.19. The van der Waals surface area contributed by atoms with Gasteiger partial charge in [-0.25, -0.2) is 0 Å². The number of aliphatic hydroxyl groups is 2. The smallest absolute Gasteiger partial charge is 0.131 e. The van der Waals surface area contributed by atoms with Crippen molar-refractivity contribution in [1.82, 2.24) is 15.1 Å². The first-order chi connectivity index (χ1) is 8.04. The summed E-state index contributed by atoms with van der Waals surface area (Å²) < 4.78 is 1.81. The van der Waals surface area contributed by atoms with Crippen LogP contribution in [-0.4, -0.2) is 52.3 Å². The van der Waals surface area contributed by atoms with Gasteiger partial charge in [0.2, 0.25) is 0 Å². The molecule has 0 aliphatic carbocycles. The van der Waals surface area contributed by atoms with Gasteiger partial charge in [-0.1, -0.05) is 0 Å². The van der Waals surface area contributed by atoms with Crippen molar-refractivity contribution in [3.63, 3.8) is 0 Å². The number of rotatable bonds is 3. The summed E-state index contributed by atoms with van der Waals surface area (Å²) in [5, 5.41) is 26.7. The zero-order valence-electron chi connectivity index (χ0n) is 10.5. The van der Waals surface area contributed by atoms with E-state index in [2.05, 4.69) is 10.4 Å². The number of aromatic nitrogens is 2. The van der Waals surface area contributed by atoms with Gasteiger partial charge < -0.3 is 20.4 Å². The second-order valence-corrected chi connectivity index (χ2v) is 4.58. The molecule has 6 heteroatoms. The zero-order valence-corrected chi connectivity index (χ0v) is 10.5. The molecule has 1 aromatic rings. The second kappa shape index (κ2) is 4.64. The molecule has 3 N–H and O–H groups in total. The minimum absolute atomic E-state index is 0.455. The molecule has 0 bridgehead atoms. The Balaban J connectivity index is 2.31. The van der Waals surface area contributed by atoms with Gasteiger partial charge in [0.25, 0.3) is 0 Å². The maximum absolute atomic E-state index is 9.61. The van der Waals surface area contributed by atoms with Gasteiger partial charge in [0.1, 0.15) is 5.82 Å². The number of β-amino-alcohol motifs (C(OH)–C–C–N with tert-alkyl or cyclic N) is 2. The topological polar surface area (TPSA) is 73.6 Å². The Kier molecular flexibility index (Phi) is 3.37. The van der Waals surface area contributed by atoms with E-state index < -0.39 is 12.2 Å². The predicted octanol–water partition coefficient (Wildman–Crippen LogP) is -1.01. The highest BCUT2D eigenvalue weighted by atomic mass is 16.3. The van der Waals surface area contributed by atoms with Crippen LogP contribution in [0.2, 0.25) is 0 Å². The van der Waals surface area contributed by atoms with Crippen LogP contribution in [0.4, 0.5) is 5.82 Å². The van der Waals surface area contributed by atoms with E-state index in [-0.39, 0.29) is 0 Å². The molecule has 96 valence electrons.